The fourth-order valence-electron chi connectivity index (χ4n) is 4.44. The normalized spacial score (nSPS) is 22.1. The van der Waals surface area contributed by atoms with Crippen LogP contribution < -0.4 is 4.90 Å². The van der Waals surface area contributed by atoms with Crippen LogP contribution in [0.1, 0.15) is 23.2 Å². The van der Waals surface area contributed by atoms with Gasteiger partial charge in [-0.3, -0.25) is 14.8 Å². The van der Waals surface area contributed by atoms with E-state index in [9.17, 15) is 4.79 Å². The molecule has 0 unspecified atom stereocenters. The van der Waals surface area contributed by atoms with Crippen LogP contribution in [0.3, 0.4) is 0 Å². The van der Waals surface area contributed by atoms with Gasteiger partial charge in [0.05, 0.1) is 6.20 Å². The second-order valence-corrected chi connectivity index (χ2v) is 7.43. The van der Waals surface area contributed by atoms with Crippen LogP contribution in [0.2, 0.25) is 0 Å². The fourth-order valence-corrected chi connectivity index (χ4v) is 4.44. The Morgan fingerprint density at radius 1 is 0.963 bits per heavy atom. The summed E-state index contributed by atoms with van der Waals surface area (Å²) in [7, 11) is 0. The second-order valence-electron chi connectivity index (χ2n) is 7.43. The predicted octanol–water partition coefficient (Wildman–Crippen LogP) is 2.77. The van der Waals surface area contributed by atoms with Crippen LogP contribution in [0.25, 0.3) is 10.8 Å². The smallest absolute Gasteiger partial charge is 0.254 e. The van der Waals surface area contributed by atoms with Crippen molar-refractivity contribution in [1.29, 1.82) is 0 Å². The van der Waals surface area contributed by atoms with Crippen molar-refractivity contribution in [3.8, 4) is 0 Å². The summed E-state index contributed by atoms with van der Waals surface area (Å²) < 4.78 is 0. The van der Waals surface area contributed by atoms with Crippen molar-refractivity contribution < 1.29 is 4.79 Å². The first kappa shape index (κ1) is 16.2. The van der Waals surface area contributed by atoms with Crippen LogP contribution in [-0.4, -0.2) is 51.4 Å². The number of carbonyl (C=O) groups is 1. The largest absolute Gasteiger partial charge is 0.353 e. The number of fused-ring (bicyclic) bond motifs is 5. The summed E-state index contributed by atoms with van der Waals surface area (Å²) in [5, 5.41) is 1.98. The summed E-state index contributed by atoms with van der Waals surface area (Å²) in [5.74, 6) is 1.49. The minimum Gasteiger partial charge on any atom is -0.353 e. The lowest BCUT2D eigenvalue weighted by Crippen LogP contribution is -2.47. The number of anilines is 1. The highest BCUT2D eigenvalue weighted by Gasteiger charge is 2.38. The fraction of sp³-hybridized carbons (Fsp3) is 0.333. The molecular weight excluding hydrogens is 338 g/mol. The Kier molecular flexibility index (Phi) is 3.96. The van der Waals surface area contributed by atoms with E-state index in [0.29, 0.717) is 5.92 Å². The van der Waals surface area contributed by atoms with Crippen molar-refractivity contribution in [1.82, 2.24) is 19.9 Å². The van der Waals surface area contributed by atoms with Crippen molar-refractivity contribution in [3.63, 3.8) is 0 Å². The molecule has 3 aromatic rings. The second kappa shape index (κ2) is 6.61. The molecule has 3 aliphatic heterocycles. The Labute approximate surface area is 157 Å². The van der Waals surface area contributed by atoms with Gasteiger partial charge in [0.1, 0.15) is 5.82 Å². The molecular formula is C21H21N5O. The molecule has 1 amide bonds. The maximum atomic E-state index is 13.5. The molecule has 6 nitrogen and oxygen atoms in total. The molecule has 0 spiro atoms. The van der Waals surface area contributed by atoms with Crippen molar-refractivity contribution in [2.45, 2.75) is 18.9 Å². The Hall–Kier alpha value is -3.02. The van der Waals surface area contributed by atoms with Gasteiger partial charge in [-0.25, -0.2) is 4.98 Å². The van der Waals surface area contributed by atoms with Crippen molar-refractivity contribution in [3.05, 3.63) is 60.8 Å². The number of hydrogen-bond acceptors (Lipinski definition) is 5. The number of carbonyl (C=O) groups excluding carboxylic acids is 1. The van der Waals surface area contributed by atoms with E-state index >= 15 is 0 Å². The third kappa shape index (κ3) is 2.91. The van der Waals surface area contributed by atoms with Crippen LogP contribution in [0.15, 0.2) is 55.2 Å². The number of piperidine rings is 1. The Balaban J connectivity index is 1.46. The van der Waals surface area contributed by atoms with E-state index in [0.717, 1.165) is 54.6 Å². The number of nitrogens with zero attached hydrogens (tertiary/aromatic N) is 5. The minimum absolute atomic E-state index is 0.127. The summed E-state index contributed by atoms with van der Waals surface area (Å²) >= 11 is 0. The summed E-state index contributed by atoms with van der Waals surface area (Å²) in [6.45, 7) is 2.55. The third-order valence-electron chi connectivity index (χ3n) is 5.76. The van der Waals surface area contributed by atoms with E-state index in [-0.39, 0.29) is 11.9 Å². The zero-order valence-corrected chi connectivity index (χ0v) is 15.0. The van der Waals surface area contributed by atoms with E-state index in [1.165, 1.54) is 0 Å². The Morgan fingerprint density at radius 3 is 2.78 bits per heavy atom. The number of rotatable bonds is 2. The van der Waals surface area contributed by atoms with E-state index in [2.05, 4.69) is 24.8 Å². The SMILES string of the molecule is O=C(c1cccc2cnccc12)N1C[C@H]2CC[C@@H]1CN(c1cnccn1)C2. The highest BCUT2D eigenvalue weighted by Crippen LogP contribution is 2.32. The lowest BCUT2D eigenvalue weighted by molar-refractivity contribution is 0.0594. The molecule has 1 aromatic carbocycles. The minimum atomic E-state index is 0.127. The number of amides is 1. The molecule has 2 atom stereocenters. The maximum Gasteiger partial charge on any atom is 0.254 e. The molecule has 0 aliphatic carbocycles. The summed E-state index contributed by atoms with van der Waals surface area (Å²) in [5.41, 5.74) is 0.772. The molecule has 27 heavy (non-hydrogen) atoms. The molecule has 136 valence electrons. The number of pyridine rings is 1. The molecule has 6 rings (SSSR count). The van der Waals surface area contributed by atoms with Crippen LogP contribution in [0.4, 0.5) is 5.82 Å². The zero-order valence-electron chi connectivity index (χ0n) is 15.0. The summed E-state index contributed by atoms with van der Waals surface area (Å²) in [4.78, 5) is 30.7. The molecule has 2 bridgehead atoms. The van der Waals surface area contributed by atoms with Gasteiger partial charge in [0, 0.05) is 61.4 Å². The van der Waals surface area contributed by atoms with E-state index in [4.69, 9.17) is 0 Å². The number of aromatic nitrogens is 3. The average Bonchev–Trinajstić information content (AvgIpc) is 3.06. The standard InChI is InChI=1S/C21H21N5O/c27-21(19-3-1-2-16-10-22-7-6-18(16)19)26-13-15-4-5-17(26)14-25(12-15)20-11-23-8-9-24-20/h1-3,6-11,15,17H,4-5,12-14H2/t15-,17+/m0/s1. The molecule has 5 heterocycles. The van der Waals surface area contributed by atoms with Crippen molar-refractivity contribution in [2.75, 3.05) is 24.5 Å². The number of hydrogen-bond donors (Lipinski definition) is 0. The van der Waals surface area contributed by atoms with Crippen molar-refractivity contribution in [2.24, 2.45) is 5.92 Å². The quantitative estimate of drug-likeness (QED) is 0.704. The first-order valence-electron chi connectivity index (χ1n) is 9.44. The van der Waals surface area contributed by atoms with E-state index in [1.807, 2.05) is 36.7 Å². The van der Waals surface area contributed by atoms with Gasteiger partial charge >= 0.3 is 0 Å². The van der Waals surface area contributed by atoms with Crippen LogP contribution in [0.5, 0.6) is 0 Å². The Morgan fingerprint density at radius 2 is 1.89 bits per heavy atom. The van der Waals surface area contributed by atoms with Gasteiger partial charge in [-0.05, 0) is 36.3 Å². The van der Waals surface area contributed by atoms with Crippen LogP contribution in [-0.2, 0) is 0 Å². The molecule has 6 heteroatoms. The average molecular weight is 359 g/mol. The lowest BCUT2D eigenvalue weighted by Gasteiger charge is -2.36. The first-order chi connectivity index (χ1) is 13.3. The van der Waals surface area contributed by atoms with Gasteiger partial charge in [0.25, 0.3) is 5.91 Å². The monoisotopic (exact) mass is 359 g/mol. The maximum absolute atomic E-state index is 13.5. The third-order valence-corrected chi connectivity index (χ3v) is 5.76. The van der Waals surface area contributed by atoms with E-state index in [1.54, 1.807) is 18.6 Å². The Bertz CT molecular complexity index is 971. The molecule has 3 saturated heterocycles. The van der Waals surface area contributed by atoms with Crippen LogP contribution >= 0.6 is 0 Å². The summed E-state index contributed by atoms with van der Waals surface area (Å²) in [6.07, 6.45) is 11.0. The van der Waals surface area contributed by atoms with Gasteiger partial charge < -0.3 is 9.80 Å². The molecule has 2 aromatic heterocycles. The highest BCUT2D eigenvalue weighted by atomic mass is 16.2. The lowest BCUT2D eigenvalue weighted by atomic mass is 9.93. The highest BCUT2D eigenvalue weighted by molar-refractivity contribution is 6.07. The van der Waals surface area contributed by atoms with E-state index < -0.39 is 0 Å². The molecule has 0 saturated carbocycles. The molecule has 3 fully saturated rings. The molecule has 0 N–H and O–H groups in total. The van der Waals surface area contributed by atoms with Gasteiger partial charge in [0.2, 0.25) is 0 Å². The first-order valence-corrected chi connectivity index (χ1v) is 9.44. The number of benzene rings is 1. The van der Waals surface area contributed by atoms with Gasteiger partial charge in [-0.2, -0.15) is 0 Å². The molecule has 0 radical (unpaired) electrons. The zero-order chi connectivity index (χ0) is 18.2. The van der Waals surface area contributed by atoms with Crippen molar-refractivity contribution >= 4 is 22.5 Å². The topological polar surface area (TPSA) is 62.2 Å². The summed E-state index contributed by atoms with van der Waals surface area (Å²) in [6, 6.07) is 8.02. The predicted molar refractivity (Wildman–Crippen MR) is 104 cm³/mol. The van der Waals surface area contributed by atoms with Gasteiger partial charge in [-0.1, -0.05) is 12.1 Å². The van der Waals surface area contributed by atoms with Gasteiger partial charge in [0.15, 0.2) is 0 Å². The van der Waals surface area contributed by atoms with Crippen LogP contribution in [0, 0.1) is 5.92 Å². The van der Waals surface area contributed by atoms with Gasteiger partial charge in [-0.15, -0.1) is 0 Å². The molecule has 3 aliphatic rings.